The molecule has 3 aliphatic rings. The summed E-state index contributed by atoms with van der Waals surface area (Å²) in [6.45, 7) is 8.35. The van der Waals surface area contributed by atoms with Gasteiger partial charge in [0, 0.05) is 30.1 Å². The molecule has 3 unspecified atom stereocenters. The number of carbonyl (C=O) groups excluding carboxylic acids is 1. The van der Waals surface area contributed by atoms with Crippen LogP contribution in [0.25, 0.3) is 0 Å². The summed E-state index contributed by atoms with van der Waals surface area (Å²) in [4.78, 5) is 24.7. The zero-order valence-electron chi connectivity index (χ0n) is 21.1. The van der Waals surface area contributed by atoms with Crippen molar-refractivity contribution in [2.24, 2.45) is 10.9 Å². The first kappa shape index (κ1) is 24.2. The van der Waals surface area contributed by atoms with E-state index >= 15 is 0 Å². The van der Waals surface area contributed by atoms with Crippen molar-refractivity contribution in [3.05, 3.63) is 51.7 Å². The van der Waals surface area contributed by atoms with Gasteiger partial charge in [-0.05, 0) is 46.5 Å². The van der Waals surface area contributed by atoms with Gasteiger partial charge in [-0.3, -0.25) is 15.4 Å². The van der Waals surface area contributed by atoms with Crippen molar-refractivity contribution in [2.75, 3.05) is 38.9 Å². The number of likely N-dealkylation sites (tertiary alicyclic amines) is 1. The molecule has 0 spiro atoms. The lowest BCUT2D eigenvalue weighted by molar-refractivity contribution is 0.144. The molecule has 0 radical (unpaired) electrons. The fraction of sp³-hybridized carbons (Fsp3) is 0.520. The average molecular weight is 497 g/mol. The van der Waals surface area contributed by atoms with Crippen LogP contribution in [0.3, 0.4) is 0 Å². The minimum atomic E-state index is -0.359. The van der Waals surface area contributed by atoms with Gasteiger partial charge in [-0.1, -0.05) is 30.3 Å². The van der Waals surface area contributed by atoms with Crippen LogP contribution in [0, 0.1) is 12.8 Å². The summed E-state index contributed by atoms with van der Waals surface area (Å²) in [5.41, 5.74) is 12.5. The second-order valence-electron chi connectivity index (χ2n) is 10.5. The molecule has 1 aromatic carbocycles. The minimum Gasteiger partial charge on any atom is -0.330 e. The quantitative estimate of drug-likeness (QED) is 0.491. The first-order valence-corrected chi connectivity index (χ1v) is 13.0. The molecule has 2 fully saturated rings. The fourth-order valence-corrected chi connectivity index (χ4v) is 6.40. The molecule has 9 nitrogen and oxygen atoms in total. The van der Waals surface area contributed by atoms with Crippen LogP contribution >= 0.6 is 11.3 Å². The van der Waals surface area contributed by atoms with Crippen molar-refractivity contribution in [1.29, 1.82) is 0 Å². The molecule has 2 aromatic rings. The first-order chi connectivity index (χ1) is 16.7. The summed E-state index contributed by atoms with van der Waals surface area (Å²) in [7, 11) is 4.06. The Morgan fingerprint density at radius 2 is 2.06 bits per heavy atom. The van der Waals surface area contributed by atoms with Gasteiger partial charge in [0.05, 0.1) is 34.4 Å². The van der Waals surface area contributed by atoms with Gasteiger partial charge in [-0.2, -0.15) is 0 Å². The van der Waals surface area contributed by atoms with E-state index in [1.54, 1.807) is 11.3 Å². The van der Waals surface area contributed by atoms with Crippen molar-refractivity contribution in [3.63, 3.8) is 0 Å². The predicted molar refractivity (Wildman–Crippen MR) is 142 cm³/mol. The van der Waals surface area contributed by atoms with E-state index in [1.807, 2.05) is 43.4 Å². The van der Waals surface area contributed by atoms with Gasteiger partial charge in [-0.15, -0.1) is 11.3 Å². The standard InChI is InChI=1S/C25H36N8OS/c1-16-11-20-21(35-16)12-26-15-33(20)30-23-18-13-32(25(2,3)22(18)28-29-23)24(34)27-19(14-31(4)5)17-9-7-6-8-10-17/h6-12,18-19,22-23,28-30H,13-15H2,1-5H3,(H,27,34)/t18?,19-,22?,23?/m1/s1. The number of carbonyl (C=O) groups is 1. The van der Waals surface area contributed by atoms with Gasteiger partial charge in [-0.25, -0.2) is 15.6 Å². The number of hydrogen-bond donors (Lipinski definition) is 4. The SMILES string of the molecule is Cc1cc2c(s1)C=NCN2NC1NNC2C1CN(C(=O)N[C@H](CN(C)C)c1ccccc1)C2(C)C. The number of thiophene rings is 1. The summed E-state index contributed by atoms with van der Waals surface area (Å²) >= 11 is 1.75. The molecule has 188 valence electrons. The van der Waals surface area contributed by atoms with Crippen molar-refractivity contribution in [2.45, 2.75) is 44.6 Å². The maximum Gasteiger partial charge on any atom is 0.318 e. The molecule has 0 aliphatic carbocycles. The number of urea groups is 1. The second kappa shape index (κ2) is 9.51. The number of nitrogens with zero attached hydrogens (tertiary/aromatic N) is 4. The van der Waals surface area contributed by atoms with Gasteiger partial charge in [0.25, 0.3) is 0 Å². The zero-order chi connectivity index (χ0) is 24.7. The average Bonchev–Trinajstić information content (AvgIpc) is 3.47. The van der Waals surface area contributed by atoms with Gasteiger partial charge in [0.15, 0.2) is 0 Å². The number of aliphatic imine (C=N–C) groups is 1. The Morgan fingerprint density at radius 3 is 2.80 bits per heavy atom. The number of likely N-dealkylation sites (N-methyl/N-ethyl adjacent to an activating group) is 1. The highest BCUT2D eigenvalue weighted by atomic mass is 32.1. The number of fused-ring (bicyclic) bond motifs is 2. The van der Waals surface area contributed by atoms with Crippen LogP contribution in [-0.2, 0) is 0 Å². The predicted octanol–water partition coefficient (Wildman–Crippen LogP) is 2.28. The number of rotatable bonds is 6. The molecule has 5 rings (SSSR count). The summed E-state index contributed by atoms with van der Waals surface area (Å²) in [5.74, 6) is 0.203. The third kappa shape index (κ3) is 4.68. The topological polar surface area (TPSA) is 87.3 Å². The Labute approximate surface area is 211 Å². The summed E-state index contributed by atoms with van der Waals surface area (Å²) in [5, 5.41) is 5.42. The molecule has 4 heterocycles. The van der Waals surface area contributed by atoms with E-state index in [0.29, 0.717) is 13.2 Å². The maximum absolute atomic E-state index is 13.6. The molecule has 4 atom stereocenters. The molecule has 0 saturated carbocycles. The normalized spacial score (nSPS) is 25.6. The van der Waals surface area contributed by atoms with E-state index in [4.69, 9.17) is 0 Å². The maximum atomic E-state index is 13.6. The molecule has 2 amide bonds. The van der Waals surface area contributed by atoms with Gasteiger partial charge in [0.1, 0.15) is 6.67 Å². The number of nitrogens with one attached hydrogen (secondary N) is 4. The lowest BCUT2D eigenvalue weighted by Gasteiger charge is -2.37. The number of hydrogen-bond acceptors (Lipinski definition) is 8. The third-order valence-corrected chi connectivity index (χ3v) is 8.25. The van der Waals surface area contributed by atoms with Gasteiger partial charge >= 0.3 is 6.03 Å². The van der Waals surface area contributed by atoms with Crippen LogP contribution in [0.4, 0.5) is 10.5 Å². The molecule has 4 N–H and O–H groups in total. The molecule has 1 aromatic heterocycles. The lowest BCUT2D eigenvalue weighted by Crippen LogP contribution is -2.58. The van der Waals surface area contributed by atoms with Crippen LogP contribution in [0.2, 0.25) is 0 Å². The van der Waals surface area contributed by atoms with Crippen LogP contribution in [0.15, 0.2) is 41.4 Å². The fourth-order valence-electron chi connectivity index (χ4n) is 5.48. The Morgan fingerprint density at radius 1 is 1.29 bits per heavy atom. The highest BCUT2D eigenvalue weighted by Crippen LogP contribution is 2.38. The molecular formula is C25H36N8OS. The lowest BCUT2D eigenvalue weighted by atomic mass is 9.90. The third-order valence-electron chi connectivity index (χ3n) is 7.27. The number of anilines is 1. The summed E-state index contributed by atoms with van der Waals surface area (Å²) in [6, 6.07) is 12.4. The second-order valence-corrected chi connectivity index (χ2v) is 11.8. The summed E-state index contributed by atoms with van der Waals surface area (Å²) < 4.78 is 0. The van der Waals surface area contributed by atoms with E-state index in [0.717, 1.165) is 17.8 Å². The van der Waals surface area contributed by atoms with Crippen LogP contribution in [0.5, 0.6) is 0 Å². The van der Waals surface area contributed by atoms with Crippen molar-refractivity contribution < 1.29 is 4.79 Å². The Balaban J connectivity index is 1.30. The van der Waals surface area contributed by atoms with E-state index in [2.05, 4.69) is 75.5 Å². The van der Waals surface area contributed by atoms with Gasteiger partial charge < -0.3 is 15.1 Å². The van der Waals surface area contributed by atoms with E-state index in [1.165, 1.54) is 9.75 Å². The van der Waals surface area contributed by atoms with Gasteiger partial charge in [0.2, 0.25) is 0 Å². The first-order valence-electron chi connectivity index (χ1n) is 12.2. The zero-order valence-corrected chi connectivity index (χ0v) is 21.9. The Hall–Kier alpha value is -2.50. The molecule has 10 heteroatoms. The highest BCUT2D eigenvalue weighted by Gasteiger charge is 2.55. The number of amides is 2. The summed E-state index contributed by atoms with van der Waals surface area (Å²) in [6.07, 6.45) is 1.93. The van der Waals surface area contributed by atoms with Crippen LogP contribution < -0.4 is 26.6 Å². The number of hydrazine groups is 2. The van der Waals surface area contributed by atoms with E-state index < -0.39 is 0 Å². The number of benzene rings is 1. The molecule has 0 bridgehead atoms. The molecule has 3 aliphatic heterocycles. The smallest absolute Gasteiger partial charge is 0.318 e. The van der Waals surface area contributed by atoms with Crippen molar-refractivity contribution in [1.82, 2.24) is 31.4 Å². The Bertz CT molecular complexity index is 1080. The van der Waals surface area contributed by atoms with Crippen LogP contribution in [0.1, 0.15) is 35.2 Å². The van der Waals surface area contributed by atoms with Crippen LogP contribution in [-0.4, -0.2) is 73.6 Å². The molecule has 35 heavy (non-hydrogen) atoms. The van der Waals surface area contributed by atoms with E-state index in [9.17, 15) is 4.79 Å². The monoisotopic (exact) mass is 496 g/mol. The molecular weight excluding hydrogens is 460 g/mol. The largest absolute Gasteiger partial charge is 0.330 e. The van der Waals surface area contributed by atoms with E-state index in [-0.39, 0.29) is 35.7 Å². The van der Waals surface area contributed by atoms with Crippen molar-refractivity contribution in [3.8, 4) is 0 Å². The van der Waals surface area contributed by atoms with Crippen molar-refractivity contribution >= 4 is 29.3 Å². The Kier molecular flexibility index (Phi) is 6.58. The minimum absolute atomic E-state index is 0.0230. The number of aryl methyl sites for hydroxylation is 1. The highest BCUT2D eigenvalue weighted by molar-refractivity contribution is 7.14. The molecule has 2 saturated heterocycles.